The van der Waals surface area contributed by atoms with Gasteiger partial charge in [0.15, 0.2) is 0 Å². The van der Waals surface area contributed by atoms with E-state index in [4.69, 9.17) is 5.11 Å². The number of hydrogen-bond donors (Lipinski definition) is 4. The van der Waals surface area contributed by atoms with E-state index in [1.54, 1.807) is 6.07 Å². The number of aromatic amines is 1. The lowest BCUT2D eigenvalue weighted by molar-refractivity contribution is -0.146. The molecule has 0 aliphatic carbocycles. The fraction of sp³-hybridized carbons (Fsp3) is 0. The van der Waals surface area contributed by atoms with Crippen molar-refractivity contribution in [3.05, 3.63) is 36.0 Å². The topological polar surface area (TPSA) is 111 Å². The van der Waals surface area contributed by atoms with Gasteiger partial charge in [-0.25, -0.2) is 4.79 Å². The lowest BCUT2D eigenvalue weighted by Crippen LogP contribution is -2.09. The number of carbonyl (C=O) groups excluding carboxylic acids is 1. The first kappa shape index (κ1) is 11.7. The molecule has 0 spiro atoms. The molecule has 0 amide bonds. The van der Waals surface area contributed by atoms with Gasteiger partial charge in [0.1, 0.15) is 11.5 Å². The number of carboxylic acids is 1. The Kier molecular flexibility index (Phi) is 2.77. The number of hydrogen-bond acceptors (Lipinski definition) is 4. The molecular weight excluding hydrogens is 238 g/mol. The summed E-state index contributed by atoms with van der Waals surface area (Å²) >= 11 is 0. The van der Waals surface area contributed by atoms with Crippen LogP contribution >= 0.6 is 0 Å². The summed E-state index contributed by atoms with van der Waals surface area (Å²) in [5.41, 5.74) is 0.890. The van der Waals surface area contributed by atoms with Gasteiger partial charge in [0.05, 0.1) is 0 Å². The Balaban J connectivity index is 2.51. The normalized spacial score (nSPS) is 11.7. The number of rotatable bonds is 3. The predicted molar refractivity (Wildman–Crippen MR) is 63.2 cm³/mol. The third kappa shape index (κ3) is 2.03. The van der Waals surface area contributed by atoms with E-state index in [1.165, 1.54) is 18.3 Å². The number of phenols is 1. The molecule has 18 heavy (non-hydrogen) atoms. The van der Waals surface area contributed by atoms with E-state index in [-0.39, 0.29) is 11.3 Å². The van der Waals surface area contributed by atoms with Crippen molar-refractivity contribution in [3.63, 3.8) is 0 Å². The van der Waals surface area contributed by atoms with Crippen LogP contribution in [0.5, 0.6) is 5.75 Å². The van der Waals surface area contributed by atoms with Gasteiger partial charge in [-0.3, -0.25) is 4.79 Å². The molecule has 0 saturated carbocycles. The number of aromatic hydroxyl groups is 1. The summed E-state index contributed by atoms with van der Waals surface area (Å²) in [6, 6.07) is 4.46. The first-order chi connectivity index (χ1) is 8.49. The van der Waals surface area contributed by atoms with Crippen LogP contribution in [0.15, 0.2) is 30.5 Å². The number of aliphatic hydroxyl groups excluding tert-OH is 1. The summed E-state index contributed by atoms with van der Waals surface area (Å²) in [5.74, 6) is -3.34. The Labute approximate surface area is 101 Å². The smallest absolute Gasteiger partial charge is 0.376 e. The number of benzene rings is 1. The minimum atomic E-state index is -1.65. The van der Waals surface area contributed by atoms with Gasteiger partial charge in [-0.15, -0.1) is 0 Å². The van der Waals surface area contributed by atoms with Crippen LogP contribution in [0.4, 0.5) is 0 Å². The molecule has 0 bridgehead atoms. The average Bonchev–Trinajstić information content (AvgIpc) is 2.71. The summed E-state index contributed by atoms with van der Waals surface area (Å²) < 4.78 is 0. The van der Waals surface area contributed by atoms with Gasteiger partial charge >= 0.3 is 5.97 Å². The molecular formula is C12H9NO5. The number of phenolic OH excluding ortho intramolecular Hbond substituents is 1. The quantitative estimate of drug-likeness (QED) is 0.372. The summed E-state index contributed by atoms with van der Waals surface area (Å²) in [5, 5.41) is 28.0. The van der Waals surface area contributed by atoms with Crippen LogP contribution in [0.25, 0.3) is 16.7 Å². The summed E-state index contributed by atoms with van der Waals surface area (Å²) in [6.45, 7) is 0. The molecule has 1 aromatic heterocycles. The van der Waals surface area contributed by atoms with Gasteiger partial charge < -0.3 is 20.3 Å². The largest absolute Gasteiger partial charge is 0.508 e. The first-order valence-corrected chi connectivity index (χ1v) is 4.97. The molecule has 0 aliphatic rings. The van der Waals surface area contributed by atoms with Crippen molar-refractivity contribution in [3.8, 4) is 5.75 Å². The zero-order chi connectivity index (χ0) is 13.3. The van der Waals surface area contributed by atoms with Crippen LogP contribution in [0.1, 0.15) is 5.56 Å². The molecule has 6 heteroatoms. The van der Waals surface area contributed by atoms with Crippen molar-refractivity contribution in [2.75, 3.05) is 0 Å². The van der Waals surface area contributed by atoms with E-state index in [0.717, 1.165) is 0 Å². The molecule has 1 heterocycles. The fourth-order valence-electron chi connectivity index (χ4n) is 1.58. The number of aliphatic hydroxyl groups is 1. The van der Waals surface area contributed by atoms with E-state index in [2.05, 4.69) is 4.98 Å². The SMILES string of the molecule is O=C(O)C(=O)C=C(O)c1c[nH]c2ccc(O)cc12. The van der Waals surface area contributed by atoms with Crippen molar-refractivity contribution in [2.45, 2.75) is 0 Å². The van der Waals surface area contributed by atoms with Crippen molar-refractivity contribution in [1.29, 1.82) is 0 Å². The van der Waals surface area contributed by atoms with Gasteiger partial charge in [-0.05, 0) is 18.2 Å². The van der Waals surface area contributed by atoms with E-state index < -0.39 is 17.5 Å². The maximum atomic E-state index is 11.0. The monoisotopic (exact) mass is 247 g/mol. The lowest BCUT2D eigenvalue weighted by Gasteiger charge is -1.98. The minimum absolute atomic E-state index is 0.000658. The standard InChI is InChI=1S/C12H9NO5/c14-6-1-2-9-7(3-6)8(5-13-9)10(15)4-11(16)12(17)18/h1-5,13-15H,(H,17,18). The van der Waals surface area contributed by atoms with Crippen molar-refractivity contribution in [1.82, 2.24) is 4.98 Å². The number of aromatic nitrogens is 1. The second kappa shape index (κ2) is 4.25. The molecule has 2 rings (SSSR count). The van der Waals surface area contributed by atoms with Crippen LogP contribution < -0.4 is 0 Å². The van der Waals surface area contributed by atoms with Gasteiger partial charge in [-0.2, -0.15) is 0 Å². The maximum absolute atomic E-state index is 11.0. The van der Waals surface area contributed by atoms with E-state index in [1.807, 2.05) is 0 Å². The Morgan fingerprint density at radius 1 is 1.22 bits per heavy atom. The second-order valence-electron chi connectivity index (χ2n) is 3.63. The highest BCUT2D eigenvalue weighted by atomic mass is 16.4. The number of nitrogens with one attached hydrogen (secondary N) is 1. The van der Waals surface area contributed by atoms with Gasteiger partial charge in [0.25, 0.3) is 5.78 Å². The Bertz CT molecular complexity index is 668. The van der Waals surface area contributed by atoms with Crippen LogP contribution in [0, 0.1) is 0 Å². The summed E-state index contributed by atoms with van der Waals surface area (Å²) in [4.78, 5) is 24.2. The third-order valence-electron chi connectivity index (χ3n) is 2.42. The third-order valence-corrected chi connectivity index (χ3v) is 2.42. The van der Waals surface area contributed by atoms with Gasteiger partial charge in [0.2, 0.25) is 0 Å². The first-order valence-electron chi connectivity index (χ1n) is 4.97. The molecule has 92 valence electrons. The molecule has 0 unspecified atom stereocenters. The van der Waals surface area contributed by atoms with E-state index in [9.17, 15) is 19.8 Å². The molecule has 0 radical (unpaired) electrons. The Morgan fingerprint density at radius 2 is 1.94 bits per heavy atom. The van der Waals surface area contributed by atoms with Crippen molar-refractivity contribution >= 4 is 28.4 Å². The van der Waals surface area contributed by atoms with Gasteiger partial charge in [-0.1, -0.05) is 0 Å². The zero-order valence-corrected chi connectivity index (χ0v) is 9.04. The van der Waals surface area contributed by atoms with Crippen LogP contribution in [-0.2, 0) is 9.59 Å². The number of H-pyrrole nitrogens is 1. The van der Waals surface area contributed by atoms with E-state index >= 15 is 0 Å². The summed E-state index contributed by atoms with van der Waals surface area (Å²) in [7, 11) is 0. The van der Waals surface area contributed by atoms with Crippen LogP contribution in [0.3, 0.4) is 0 Å². The number of carboxylic acid groups (broad SMARTS) is 1. The molecule has 0 fully saturated rings. The van der Waals surface area contributed by atoms with Crippen molar-refractivity contribution < 1.29 is 24.9 Å². The highest BCUT2D eigenvalue weighted by Gasteiger charge is 2.13. The highest BCUT2D eigenvalue weighted by Crippen LogP contribution is 2.26. The van der Waals surface area contributed by atoms with Crippen molar-refractivity contribution in [2.24, 2.45) is 0 Å². The average molecular weight is 247 g/mol. The predicted octanol–water partition coefficient (Wildman–Crippen LogP) is 1.43. The lowest BCUT2D eigenvalue weighted by atomic mass is 10.1. The van der Waals surface area contributed by atoms with E-state index in [0.29, 0.717) is 17.0 Å². The highest BCUT2D eigenvalue weighted by molar-refractivity contribution is 6.38. The molecule has 1 aromatic carbocycles. The number of fused-ring (bicyclic) bond motifs is 1. The molecule has 6 nitrogen and oxygen atoms in total. The Morgan fingerprint density at radius 3 is 2.61 bits per heavy atom. The molecule has 4 N–H and O–H groups in total. The second-order valence-corrected chi connectivity index (χ2v) is 3.63. The minimum Gasteiger partial charge on any atom is -0.508 e. The maximum Gasteiger partial charge on any atom is 0.376 e. The molecule has 0 atom stereocenters. The fourth-order valence-corrected chi connectivity index (χ4v) is 1.58. The number of aliphatic carboxylic acids is 1. The molecule has 0 saturated heterocycles. The molecule has 0 aliphatic heterocycles. The summed E-state index contributed by atoms with van der Waals surface area (Å²) in [6.07, 6.45) is 2.04. The molecule has 2 aromatic rings. The number of ketones is 1. The van der Waals surface area contributed by atoms with Crippen LogP contribution in [-0.4, -0.2) is 32.1 Å². The number of carbonyl (C=O) groups is 2. The zero-order valence-electron chi connectivity index (χ0n) is 9.04. The van der Waals surface area contributed by atoms with Gasteiger partial charge in [0, 0.05) is 28.7 Å². The Hall–Kier alpha value is -2.76. The van der Waals surface area contributed by atoms with Crippen LogP contribution in [0.2, 0.25) is 0 Å².